The van der Waals surface area contributed by atoms with Crippen molar-refractivity contribution in [1.29, 1.82) is 0 Å². The van der Waals surface area contributed by atoms with Crippen LogP contribution in [0.5, 0.6) is 5.75 Å². The summed E-state index contributed by atoms with van der Waals surface area (Å²) in [5.41, 5.74) is 4.74. The van der Waals surface area contributed by atoms with Gasteiger partial charge >= 0.3 is 0 Å². The van der Waals surface area contributed by atoms with Crippen LogP contribution in [0.25, 0.3) is 0 Å². The molecule has 28 heavy (non-hydrogen) atoms. The molecular weight excluding hydrogens is 354 g/mol. The van der Waals surface area contributed by atoms with Gasteiger partial charge in [0.05, 0.1) is 14.2 Å². The summed E-state index contributed by atoms with van der Waals surface area (Å²) in [5, 5.41) is 5.86. The molecule has 0 fully saturated rings. The van der Waals surface area contributed by atoms with E-state index in [1.807, 2.05) is 59.0 Å². The van der Waals surface area contributed by atoms with Crippen molar-refractivity contribution in [1.82, 2.24) is 0 Å². The zero-order chi connectivity index (χ0) is 20.8. The van der Waals surface area contributed by atoms with Crippen molar-refractivity contribution in [3.8, 4) is 5.75 Å². The summed E-state index contributed by atoms with van der Waals surface area (Å²) in [6.45, 7) is 8.00. The maximum atomic E-state index is 12.7. The van der Waals surface area contributed by atoms with Gasteiger partial charge in [0.2, 0.25) is 0 Å². The molecule has 0 saturated heterocycles. The van der Waals surface area contributed by atoms with Gasteiger partial charge in [-0.3, -0.25) is 9.59 Å². The number of carbonyl (C=O) groups excluding carboxylic acids is 2. The van der Waals surface area contributed by atoms with Gasteiger partial charge in [-0.05, 0) is 51.0 Å². The van der Waals surface area contributed by atoms with Gasteiger partial charge in [0.25, 0.3) is 11.8 Å². The lowest BCUT2D eigenvalue weighted by Crippen LogP contribution is -3.14. The number of benzene rings is 2. The number of methoxy groups -OCH3 is 1. The van der Waals surface area contributed by atoms with E-state index in [-0.39, 0.29) is 24.4 Å². The Labute approximate surface area is 166 Å². The summed E-state index contributed by atoms with van der Waals surface area (Å²) >= 11 is 0. The minimum Gasteiger partial charge on any atom is -0.497 e. The molecule has 6 heteroatoms. The van der Waals surface area contributed by atoms with Gasteiger partial charge in [-0.15, -0.1) is 0 Å². The van der Waals surface area contributed by atoms with E-state index in [2.05, 4.69) is 10.6 Å². The number of likely N-dealkylation sites (N-methyl/N-ethyl adjacent to an activating group) is 1. The molecule has 2 amide bonds. The number of hydrogen-bond acceptors (Lipinski definition) is 3. The molecule has 0 aliphatic carbocycles. The largest absolute Gasteiger partial charge is 0.497 e. The third-order valence-electron chi connectivity index (χ3n) is 4.85. The van der Waals surface area contributed by atoms with Crippen molar-refractivity contribution in [3.05, 3.63) is 53.1 Å². The summed E-state index contributed by atoms with van der Waals surface area (Å²) in [6.07, 6.45) is 0. The van der Waals surface area contributed by atoms with E-state index in [4.69, 9.17) is 4.74 Å². The SMILES string of the molecule is COc1cccc(NC(=O)C[NH+](C)[C@H](C)C(=O)Nc2c(C)cc(C)cc2C)c1. The van der Waals surface area contributed by atoms with Gasteiger partial charge in [0.15, 0.2) is 12.6 Å². The van der Waals surface area contributed by atoms with Crippen LogP contribution in [0.4, 0.5) is 11.4 Å². The summed E-state index contributed by atoms with van der Waals surface area (Å²) in [5.74, 6) is 0.407. The Bertz CT molecular complexity index is 841. The van der Waals surface area contributed by atoms with Crippen LogP contribution in [-0.2, 0) is 9.59 Å². The fraction of sp³-hybridized carbons (Fsp3) is 0.364. The zero-order valence-electron chi connectivity index (χ0n) is 17.5. The van der Waals surface area contributed by atoms with E-state index < -0.39 is 0 Å². The van der Waals surface area contributed by atoms with E-state index in [0.717, 1.165) is 27.3 Å². The van der Waals surface area contributed by atoms with Gasteiger partial charge in [-0.1, -0.05) is 23.8 Å². The highest BCUT2D eigenvalue weighted by Crippen LogP contribution is 2.22. The predicted octanol–water partition coefficient (Wildman–Crippen LogP) is 2.10. The molecule has 0 heterocycles. The second-order valence-corrected chi connectivity index (χ2v) is 7.29. The summed E-state index contributed by atoms with van der Waals surface area (Å²) in [7, 11) is 3.42. The highest BCUT2D eigenvalue weighted by atomic mass is 16.5. The van der Waals surface area contributed by atoms with E-state index >= 15 is 0 Å². The smallest absolute Gasteiger partial charge is 0.282 e. The average molecular weight is 385 g/mol. The van der Waals surface area contributed by atoms with Gasteiger partial charge in [-0.2, -0.15) is 0 Å². The zero-order valence-corrected chi connectivity index (χ0v) is 17.5. The van der Waals surface area contributed by atoms with E-state index in [9.17, 15) is 9.59 Å². The van der Waals surface area contributed by atoms with Crippen molar-refractivity contribution in [2.24, 2.45) is 0 Å². The molecule has 0 radical (unpaired) electrons. The number of aryl methyl sites for hydroxylation is 3. The van der Waals surface area contributed by atoms with Crippen molar-refractivity contribution >= 4 is 23.2 Å². The monoisotopic (exact) mass is 384 g/mol. The summed E-state index contributed by atoms with van der Waals surface area (Å²) in [6, 6.07) is 10.9. The van der Waals surface area contributed by atoms with Crippen molar-refractivity contribution in [2.45, 2.75) is 33.7 Å². The first-order chi connectivity index (χ1) is 13.2. The van der Waals surface area contributed by atoms with Crippen molar-refractivity contribution < 1.29 is 19.2 Å². The number of amides is 2. The molecule has 150 valence electrons. The molecular formula is C22H30N3O3+. The van der Waals surface area contributed by atoms with Gasteiger partial charge in [0.1, 0.15) is 5.75 Å². The number of nitrogens with one attached hydrogen (secondary N) is 3. The molecule has 2 aromatic carbocycles. The standard InChI is InChI=1S/C22H29N3O3/c1-14-10-15(2)21(16(3)11-14)24-22(27)17(4)25(5)13-20(26)23-18-8-7-9-19(12-18)28-6/h7-12,17H,13H2,1-6H3,(H,23,26)(H,24,27)/p+1/t17-/m1/s1. The van der Waals surface area contributed by atoms with Gasteiger partial charge < -0.3 is 20.3 Å². The maximum Gasteiger partial charge on any atom is 0.282 e. The molecule has 0 saturated carbocycles. The van der Waals surface area contributed by atoms with E-state index in [1.54, 1.807) is 19.2 Å². The molecule has 0 aromatic heterocycles. The van der Waals surface area contributed by atoms with Crippen LogP contribution in [0.15, 0.2) is 36.4 Å². The normalized spacial score (nSPS) is 12.8. The van der Waals surface area contributed by atoms with Crippen LogP contribution in [-0.4, -0.2) is 38.6 Å². The van der Waals surface area contributed by atoms with Gasteiger partial charge in [-0.25, -0.2) is 0 Å². The quantitative estimate of drug-likeness (QED) is 0.685. The Kier molecular flexibility index (Phi) is 7.18. The number of rotatable bonds is 7. The Balaban J connectivity index is 1.96. The first-order valence-corrected chi connectivity index (χ1v) is 9.36. The molecule has 1 unspecified atom stereocenters. The number of carbonyl (C=O) groups is 2. The fourth-order valence-corrected chi connectivity index (χ4v) is 3.14. The number of anilines is 2. The van der Waals surface area contributed by atoms with Crippen LogP contribution >= 0.6 is 0 Å². The highest BCUT2D eigenvalue weighted by Gasteiger charge is 2.25. The Morgan fingerprint density at radius 3 is 2.32 bits per heavy atom. The first kappa shape index (κ1) is 21.4. The number of ether oxygens (including phenoxy) is 1. The summed E-state index contributed by atoms with van der Waals surface area (Å²) in [4.78, 5) is 25.8. The minimum absolute atomic E-state index is 0.110. The molecule has 2 rings (SSSR count). The highest BCUT2D eigenvalue weighted by molar-refractivity contribution is 5.95. The lowest BCUT2D eigenvalue weighted by atomic mass is 10.0. The van der Waals surface area contributed by atoms with Crippen molar-refractivity contribution in [3.63, 3.8) is 0 Å². The van der Waals surface area contributed by atoms with Crippen LogP contribution in [0.3, 0.4) is 0 Å². The van der Waals surface area contributed by atoms with Crippen LogP contribution in [0.2, 0.25) is 0 Å². The lowest BCUT2D eigenvalue weighted by molar-refractivity contribution is -0.885. The first-order valence-electron chi connectivity index (χ1n) is 9.36. The molecule has 0 aliphatic heterocycles. The Morgan fingerprint density at radius 1 is 1.07 bits per heavy atom. The average Bonchev–Trinajstić information content (AvgIpc) is 2.63. The second-order valence-electron chi connectivity index (χ2n) is 7.29. The minimum atomic E-state index is -0.379. The van der Waals surface area contributed by atoms with Crippen LogP contribution < -0.4 is 20.3 Å². The second kappa shape index (κ2) is 9.37. The number of hydrogen-bond donors (Lipinski definition) is 3. The molecule has 2 atom stereocenters. The Hall–Kier alpha value is -2.86. The molecule has 0 aliphatic rings. The van der Waals surface area contributed by atoms with E-state index in [1.165, 1.54) is 0 Å². The lowest BCUT2D eigenvalue weighted by Gasteiger charge is -2.22. The fourth-order valence-electron chi connectivity index (χ4n) is 3.14. The van der Waals surface area contributed by atoms with Gasteiger partial charge in [0, 0.05) is 17.4 Å². The molecule has 3 N–H and O–H groups in total. The van der Waals surface area contributed by atoms with E-state index in [0.29, 0.717) is 11.4 Å². The van der Waals surface area contributed by atoms with Crippen LogP contribution in [0, 0.1) is 20.8 Å². The van der Waals surface area contributed by atoms with Crippen molar-refractivity contribution in [2.75, 3.05) is 31.3 Å². The predicted molar refractivity (Wildman–Crippen MR) is 112 cm³/mol. The summed E-state index contributed by atoms with van der Waals surface area (Å²) < 4.78 is 5.16. The Morgan fingerprint density at radius 2 is 1.71 bits per heavy atom. The molecule has 6 nitrogen and oxygen atoms in total. The molecule has 2 aromatic rings. The maximum absolute atomic E-state index is 12.7. The molecule has 0 spiro atoms. The third kappa shape index (κ3) is 5.57. The topological polar surface area (TPSA) is 71.9 Å². The number of quaternary nitrogens is 1. The molecule has 0 bridgehead atoms. The van der Waals surface area contributed by atoms with Crippen LogP contribution in [0.1, 0.15) is 23.6 Å². The third-order valence-corrected chi connectivity index (χ3v) is 4.85.